The minimum Gasteiger partial charge on any atom is -0.253 e. The van der Waals surface area contributed by atoms with Crippen LogP contribution in [0.3, 0.4) is 0 Å². The lowest BCUT2D eigenvalue weighted by Crippen LogP contribution is -1.90. The summed E-state index contributed by atoms with van der Waals surface area (Å²) in [5, 5.41) is 0. The van der Waals surface area contributed by atoms with Crippen LogP contribution >= 0.6 is 0 Å². The standard InChI is InChI=1S/C13H7F4N/c14-9-1-3-11(16)8(5-9)7-18-13-6-10(15)2-4-12(13)17/h1-7H. The maximum Gasteiger partial charge on any atom is 0.149 e. The Bertz CT molecular complexity index is 554. The van der Waals surface area contributed by atoms with Crippen molar-refractivity contribution in [3.63, 3.8) is 0 Å². The van der Waals surface area contributed by atoms with Crippen LogP contribution in [0, 0.1) is 23.3 Å². The summed E-state index contributed by atoms with van der Waals surface area (Å²) in [4.78, 5) is 3.59. The smallest absolute Gasteiger partial charge is 0.149 e. The second-order valence-corrected chi connectivity index (χ2v) is 3.52. The number of hydrogen-bond acceptors (Lipinski definition) is 1. The molecule has 0 aliphatic rings. The Morgan fingerprint density at radius 2 is 1.39 bits per heavy atom. The van der Waals surface area contributed by atoms with E-state index in [0.29, 0.717) is 0 Å². The van der Waals surface area contributed by atoms with Crippen molar-refractivity contribution in [3.05, 3.63) is 65.2 Å². The van der Waals surface area contributed by atoms with E-state index in [1.807, 2.05) is 0 Å². The molecule has 2 aromatic rings. The Balaban J connectivity index is 2.35. The summed E-state index contributed by atoms with van der Waals surface area (Å²) >= 11 is 0. The van der Waals surface area contributed by atoms with E-state index < -0.39 is 23.3 Å². The van der Waals surface area contributed by atoms with Crippen LogP contribution in [-0.2, 0) is 0 Å². The van der Waals surface area contributed by atoms with Crippen LogP contribution in [-0.4, -0.2) is 6.21 Å². The van der Waals surface area contributed by atoms with E-state index in [1.165, 1.54) is 0 Å². The van der Waals surface area contributed by atoms with Gasteiger partial charge in [-0.3, -0.25) is 4.99 Å². The van der Waals surface area contributed by atoms with Gasteiger partial charge in [0, 0.05) is 17.8 Å². The molecule has 0 heterocycles. The fourth-order valence-corrected chi connectivity index (χ4v) is 1.34. The molecule has 0 radical (unpaired) electrons. The molecular weight excluding hydrogens is 246 g/mol. The molecular formula is C13H7F4N. The molecule has 0 aromatic heterocycles. The van der Waals surface area contributed by atoms with E-state index in [1.54, 1.807) is 0 Å². The molecule has 0 fully saturated rings. The molecule has 5 heteroatoms. The predicted molar refractivity (Wildman–Crippen MR) is 60.0 cm³/mol. The third kappa shape index (κ3) is 2.74. The average Bonchev–Trinajstić information content (AvgIpc) is 2.34. The van der Waals surface area contributed by atoms with E-state index in [4.69, 9.17) is 0 Å². The lowest BCUT2D eigenvalue weighted by molar-refractivity contribution is 0.598. The third-order valence-electron chi connectivity index (χ3n) is 2.21. The molecule has 0 aliphatic carbocycles. The van der Waals surface area contributed by atoms with Gasteiger partial charge in [0.1, 0.15) is 29.0 Å². The fourth-order valence-electron chi connectivity index (χ4n) is 1.34. The van der Waals surface area contributed by atoms with Crippen LogP contribution in [0.2, 0.25) is 0 Å². The normalized spacial score (nSPS) is 11.1. The van der Waals surface area contributed by atoms with E-state index in [9.17, 15) is 17.6 Å². The first kappa shape index (κ1) is 12.3. The van der Waals surface area contributed by atoms with E-state index in [-0.39, 0.29) is 11.3 Å². The SMILES string of the molecule is Fc1ccc(F)c(C=Nc2cc(F)ccc2F)c1. The van der Waals surface area contributed by atoms with Crippen LogP contribution in [0.4, 0.5) is 23.2 Å². The van der Waals surface area contributed by atoms with Crippen molar-refractivity contribution in [2.24, 2.45) is 4.99 Å². The summed E-state index contributed by atoms with van der Waals surface area (Å²) in [6, 6.07) is 5.51. The fraction of sp³-hybridized carbons (Fsp3) is 0. The summed E-state index contributed by atoms with van der Waals surface area (Å²) in [6.45, 7) is 0. The minimum atomic E-state index is -0.746. The summed E-state index contributed by atoms with van der Waals surface area (Å²) in [7, 11) is 0. The van der Waals surface area contributed by atoms with Gasteiger partial charge in [-0.25, -0.2) is 17.6 Å². The lowest BCUT2D eigenvalue weighted by atomic mass is 10.2. The van der Waals surface area contributed by atoms with Gasteiger partial charge in [0.25, 0.3) is 0 Å². The van der Waals surface area contributed by atoms with Crippen LogP contribution in [0.15, 0.2) is 41.4 Å². The highest BCUT2D eigenvalue weighted by atomic mass is 19.1. The zero-order chi connectivity index (χ0) is 13.1. The van der Waals surface area contributed by atoms with Gasteiger partial charge in [-0.05, 0) is 30.3 Å². The maximum atomic E-state index is 13.2. The molecule has 0 aliphatic heterocycles. The Morgan fingerprint density at radius 1 is 0.778 bits per heavy atom. The number of rotatable bonds is 2. The molecule has 0 unspecified atom stereocenters. The first-order valence-electron chi connectivity index (χ1n) is 5.00. The van der Waals surface area contributed by atoms with Gasteiger partial charge in [-0.1, -0.05) is 0 Å². The highest BCUT2D eigenvalue weighted by molar-refractivity contribution is 5.82. The van der Waals surface area contributed by atoms with Gasteiger partial charge < -0.3 is 0 Å². The van der Waals surface area contributed by atoms with Crippen LogP contribution in [0.1, 0.15) is 5.56 Å². The van der Waals surface area contributed by atoms with Crippen molar-refractivity contribution >= 4 is 11.9 Å². The number of aliphatic imine (C=N–C) groups is 1. The van der Waals surface area contributed by atoms with Crippen molar-refractivity contribution < 1.29 is 17.6 Å². The van der Waals surface area contributed by atoms with Crippen molar-refractivity contribution in [2.75, 3.05) is 0 Å². The zero-order valence-electron chi connectivity index (χ0n) is 9.00. The average molecular weight is 253 g/mol. The number of hydrogen-bond donors (Lipinski definition) is 0. The molecule has 0 N–H and O–H groups in total. The zero-order valence-corrected chi connectivity index (χ0v) is 9.00. The van der Waals surface area contributed by atoms with Crippen molar-refractivity contribution in [3.8, 4) is 0 Å². The van der Waals surface area contributed by atoms with Gasteiger partial charge >= 0.3 is 0 Å². The Labute approximate surface area is 100 Å². The number of benzene rings is 2. The van der Waals surface area contributed by atoms with Crippen molar-refractivity contribution in [1.29, 1.82) is 0 Å². The van der Waals surface area contributed by atoms with Gasteiger partial charge in [0.15, 0.2) is 0 Å². The molecule has 0 bridgehead atoms. The highest BCUT2D eigenvalue weighted by Gasteiger charge is 2.04. The summed E-state index contributed by atoms with van der Waals surface area (Å²) < 4.78 is 52.1. The van der Waals surface area contributed by atoms with E-state index in [2.05, 4.69) is 4.99 Å². The first-order chi connectivity index (χ1) is 8.56. The molecule has 0 atom stereocenters. The second kappa shape index (κ2) is 5.00. The molecule has 2 rings (SSSR count). The number of nitrogens with zero attached hydrogens (tertiary/aromatic N) is 1. The Hall–Kier alpha value is -2.17. The Kier molecular flexibility index (Phi) is 3.41. The van der Waals surface area contributed by atoms with Crippen LogP contribution in [0.5, 0.6) is 0 Å². The van der Waals surface area contributed by atoms with Crippen LogP contribution in [0.25, 0.3) is 0 Å². The number of halogens is 4. The molecule has 92 valence electrons. The molecule has 1 nitrogen and oxygen atoms in total. The van der Waals surface area contributed by atoms with Gasteiger partial charge in [-0.2, -0.15) is 0 Å². The van der Waals surface area contributed by atoms with Gasteiger partial charge in [0.05, 0.1) is 0 Å². The molecule has 0 spiro atoms. The lowest BCUT2D eigenvalue weighted by Gasteiger charge is -1.98. The Morgan fingerprint density at radius 3 is 2.11 bits per heavy atom. The summed E-state index contributed by atoms with van der Waals surface area (Å²) in [5.74, 6) is -2.75. The van der Waals surface area contributed by atoms with Crippen molar-refractivity contribution in [1.82, 2.24) is 0 Å². The summed E-state index contributed by atoms with van der Waals surface area (Å²) in [5.41, 5.74) is -0.419. The quantitative estimate of drug-likeness (QED) is 0.566. The molecule has 0 saturated carbocycles. The molecule has 18 heavy (non-hydrogen) atoms. The summed E-state index contributed by atoms with van der Waals surface area (Å²) in [6.07, 6.45) is 0.941. The first-order valence-corrected chi connectivity index (χ1v) is 5.00. The predicted octanol–water partition coefficient (Wildman–Crippen LogP) is 3.99. The third-order valence-corrected chi connectivity index (χ3v) is 2.21. The largest absolute Gasteiger partial charge is 0.253 e. The molecule has 2 aromatic carbocycles. The second-order valence-electron chi connectivity index (χ2n) is 3.52. The van der Waals surface area contributed by atoms with Crippen LogP contribution < -0.4 is 0 Å². The minimum absolute atomic E-state index is 0.140. The van der Waals surface area contributed by atoms with Crippen molar-refractivity contribution in [2.45, 2.75) is 0 Å². The van der Waals surface area contributed by atoms with E-state index >= 15 is 0 Å². The van der Waals surface area contributed by atoms with Gasteiger partial charge in [-0.15, -0.1) is 0 Å². The maximum absolute atomic E-state index is 13.2. The molecule has 0 amide bonds. The van der Waals surface area contributed by atoms with E-state index in [0.717, 1.165) is 42.6 Å². The van der Waals surface area contributed by atoms with Gasteiger partial charge in [0.2, 0.25) is 0 Å². The highest BCUT2D eigenvalue weighted by Crippen LogP contribution is 2.19. The molecule has 0 saturated heterocycles. The monoisotopic (exact) mass is 253 g/mol. The topological polar surface area (TPSA) is 12.4 Å².